The lowest BCUT2D eigenvalue weighted by Gasteiger charge is -2.29. The number of phenolic OH excluding ortho intramolecular Hbond substituents is 2. The fourth-order valence-electron chi connectivity index (χ4n) is 17.4. The molecule has 660 valence electrons. The molecule has 0 spiro atoms. The second-order valence-electron chi connectivity index (χ2n) is 46.4. The monoisotopic (exact) mass is 1670 g/mol. The van der Waals surface area contributed by atoms with E-state index < -0.39 is 0 Å². The highest BCUT2D eigenvalue weighted by molar-refractivity contribution is 5.63. The van der Waals surface area contributed by atoms with E-state index in [0.29, 0.717) is 87.6 Å². The molecule has 0 saturated heterocycles. The van der Waals surface area contributed by atoms with Crippen molar-refractivity contribution >= 4 is 0 Å². The number of phenols is 2. The molecule has 0 atom stereocenters. The van der Waals surface area contributed by atoms with Crippen molar-refractivity contribution in [2.45, 2.75) is 326 Å². The van der Waals surface area contributed by atoms with Crippen LogP contribution in [-0.2, 0) is 128 Å². The maximum Gasteiger partial charge on any atom is 0.192 e. The first-order valence-electron chi connectivity index (χ1n) is 45.3. The summed E-state index contributed by atoms with van der Waals surface area (Å²) in [5.41, 5.74) is 24.9. The fourth-order valence-corrected chi connectivity index (χ4v) is 17.4. The van der Waals surface area contributed by atoms with Gasteiger partial charge >= 0.3 is 0 Å². The molecule has 4 aliphatic rings. The summed E-state index contributed by atoms with van der Waals surface area (Å²) >= 11 is 0. The maximum absolute atomic E-state index is 13.8. The minimum absolute atomic E-state index is 0.0494. The fraction of sp³-hybridized carbons (Fsp3) is 0.474. The van der Waals surface area contributed by atoms with Gasteiger partial charge in [0.05, 0.1) is 0 Å². The molecule has 0 fully saturated rings. The van der Waals surface area contributed by atoms with Crippen LogP contribution in [0.5, 0.6) is 46.0 Å². The SMILES string of the molecule is CC(C)(C)c1ccc(COc2c3cc(C(C)(C)C)cc2Cc2cc(C(C)(C)C)cc4c2OCOCOc2c5cc(C(C)(C)C)cc2Cc2cc(C(C)(C)C)cc(c2OCc2ccc(C(C)(C)C)cc2)Cc2cc(C(C)(C)C)cc(c2OCOCOc2c(cc(C(C)(C)C)cc2C3)Cc2cc(C(C)(C)C)cc(c2O)C5)Cc2cc(C(C)(C)C)cc(c2O)C4)cc1. The summed E-state index contributed by atoms with van der Waals surface area (Å²) in [5, 5.41) is 27.5. The molecule has 124 heavy (non-hydrogen) atoms. The van der Waals surface area contributed by atoms with Gasteiger partial charge in [0.25, 0.3) is 0 Å². The molecule has 0 aliphatic carbocycles. The highest BCUT2D eigenvalue weighted by atomic mass is 16.7. The molecule has 0 aromatic heterocycles. The Bertz CT molecular complexity index is 5010. The molecule has 10 heteroatoms. The number of benzene rings is 10. The molecule has 0 radical (unpaired) electrons. The van der Waals surface area contributed by atoms with E-state index in [0.717, 1.165) is 156 Å². The molecule has 0 amide bonds. The molecule has 2 N–H and O–H groups in total. The maximum atomic E-state index is 13.8. The third kappa shape index (κ3) is 21.3. The zero-order chi connectivity index (χ0) is 90.3. The number of hydrogen-bond donors (Lipinski definition) is 2. The molecular weight excluding hydrogens is 1530 g/mol. The van der Waals surface area contributed by atoms with Crippen LogP contribution in [-0.4, -0.2) is 37.4 Å². The van der Waals surface area contributed by atoms with Gasteiger partial charge in [-0.15, -0.1) is 0 Å². The van der Waals surface area contributed by atoms with Gasteiger partial charge in [-0.3, -0.25) is 0 Å². The Balaban J connectivity index is 1.19. The van der Waals surface area contributed by atoms with Crippen LogP contribution in [0.1, 0.15) is 363 Å². The van der Waals surface area contributed by atoms with Gasteiger partial charge in [-0.05, 0) is 210 Å². The van der Waals surface area contributed by atoms with E-state index in [1.807, 2.05) is 0 Å². The summed E-state index contributed by atoms with van der Waals surface area (Å²) in [6, 6.07) is 54.6. The predicted octanol–water partition coefficient (Wildman–Crippen LogP) is 27.7. The zero-order valence-electron chi connectivity index (χ0n) is 80.9. The largest absolute Gasteiger partial charge is 0.507 e. The first-order chi connectivity index (χ1) is 57.5. The Kier molecular flexibility index (Phi) is 25.5. The van der Waals surface area contributed by atoms with Crippen LogP contribution >= 0.6 is 0 Å². The standard InChI is InChI=1S/C114H144O10/c1-105(2,3)87-35-31-69(32-36-87)63-119-99-79-43-83-59-91(109(13,14)15)51-75-39-71-47-89(107(7,8)9)49-73(97(71)115)41-77-53-93(111(19,20)21)61-85-45-81-57-96(114(28,29)30)58-82(100(81)120-64-70-33-37-88(38-34-70)106(4,5)6)46-86-62-94(112(22,23)24)54-78(104(86)124-68-117-65-121-101(75)83)42-74-50-90(108(10,11)12)48-72(98(74)116)40-76-52-92(110(16,17)18)60-84(102(76)122-66-118-67-123-103(77)85)44-80(99)56-95(55-79)113(25,26)27/h31-38,47-62,115-116H,39-46,63-68H2,1-30H3. The summed E-state index contributed by atoms with van der Waals surface area (Å²) in [6.45, 7) is 67.9. The lowest BCUT2D eigenvalue weighted by molar-refractivity contribution is -0.0550. The number of hydrogen-bond acceptors (Lipinski definition) is 10. The normalized spacial score (nSPS) is 15.0. The first kappa shape index (κ1) is 92.2. The van der Waals surface area contributed by atoms with E-state index in [-0.39, 0.29) is 92.8 Å². The van der Waals surface area contributed by atoms with Gasteiger partial charge in [-0.25, -0.2) is 0 Å². The van der Waals surface area contributed by atoms with Gasteiger partial charge in [-0.1, -0.05) is 353 Å². The van der Waals surface area contributed by atoms with Gasteiger partial charge in [0.1, 0.15) is 59.2 Å². The number of ether oxygens (including phenoxy) is 8. The van der Waals surface area contributed by atoms with Crippen LogP contribution in [0.25, 0.3) is 0 Å². The van der Waals surface area contributed by atoms with E-state index in [1.54, 1.807) is 0 Å². The zero-order valence-corrected chi connectivity index (χ0v) is 80.9. The molecule has 0 unspecified atom stereocenters. The van der Waals surface area contributed by atoms with E-state index in [2.05, 4.69) is 353 Å². The average Bonchev–Trinajstić information content (AvgIpc) is 0.769. The predicted molar refractivity (Wildman–Crippen MR) is 510 cm³/mol. The smallest absolute Gasteiger partial charge is 0.192 e. The van der Waals surface area contributed by atoms with Crippen molar-refractivity contribution in [1.82, 2.24) is 0 Å². The van der Waals surface area contributed by atoms with Crippen molar-refractivity contribution in [1.29, 1.82) is 0 Å². The van der Waals surface area contributed by atoms with Crippen LogP contribution < -0.4 is 28.4 Å². The lowest BCUT2D eigenvalue weighted by atomic mass is 9.79. The van der Waals surface area contributed by atoms with Crippen molar-refractivity contribution in [2.24, 2.45) is 0 Å². The molecule has 10 aromatic carbocycles. The van der Waals surface area contributed by atoms with Crippen LogP contribution in [0.2, 0.25) is 0 Å². The van der Waals surface area contributed by atoms with Crippen LogP contribution in [0.4, 0.5) is 0 Å². The van der Waals surface area contributed by atoms with Crippen molar-refractivity contribution in [3.05, 3.63) is 301 Å². The summed E-state index contributed by atoms with van der Waals surface area (Å²) in [4.78, 5) is 0. The number of fused-ring (bicyclic) bond motifs is 8. The Hall–Kier alpha value is -9.48. The van der Waals surface area contributed by atoms with Crippen LogP contribution in [0.15, 0.2) is 146 Å². The Morgan fingerprint density at radius 2 is 0.363 bits per heavy atom. The van der Waals surface area contributed by atoms with E-state index >= 15 is 0 Å². The summed E-state index contributed by atoms with van der Waals surface area (Å²) in [7, 11) is 0. The summed E-state index contributed by atoms with van der Waals surface area (Å²) in [5.74, 6) is 4.53. The van der Waals surface area contributed by atoms with Crippen LogP contribution in [0, 0.1) is 0 Å². The molecule has 10 aromatic rings. The summed E-state index contributed by atoms with van der Waals surface area (Å²) < 4.78 is 59.3. The Morgan fingerprint density at radius 1 is 0.210 bits per heavy atom. The van der Waals surface area contributed by atoms with Gasteiger partial charge < -0.3 is 48.1 Å². The molecule has 10 nitrogen and oxygen atoms in total. The van der Waals surface area contributed by atoms with E-state index in [9.17, 15) is 10.2 Å². The minimum Gasteiger partial charge on any atom is -0.507 e. The summed E-state index contributed by atoms with van der Waals surface area (Å²) in [6.07, 6.45) is 2.79. The second kappa shape index (κ2) is 34.4. The van der Waals surface area contributed by atoms with Gasteiger partial charge in [0, 0.05) is 51.4 Å². The highest BCUT2D eigenvalue weighted by Crippen LogP contribution is 2.49. The second-order valence-corrected chi connectivity index (χ2v) is 46.4. The van der Waals surface area contributed by atoms with Gasteiger partial charge in [0.15, 0.2) is 27.2 Å². The third-order valence-corrected chi connectivity index (χ3v) is 25.5. The highest BCUT2D eigenvalue weighted by Gasteiger charge is 2.35. The molecule has 4 heterocycles. The third-order valence-electron chi connectivity index (χ3n) is 25.5. The van der Waals surface area contributed by atoms with Crippen molar-refractivity contribution in [3.63, 3.8) is 0 Å². The van der Waals surface area contributed by atoms with Crippen molar-refractivity contribution in [2.75, 3.05) is 27.2 Å². The molecule has 4 aliphatic heterocycles. The van der Waals surface area contributed by atoms with Crippen molar-refractivity contribution in [3.8, 4) is 46.0 Å². The molecule has 14 rings (SSSR count). The van der Waals surface area contributed by atoms with E-state index in [4.69, 9.17) is 37.9 Å². The molecular formula is C114H144O10. The topological polar surface area (TPSA) is 114 Å². The van der Waals surface area contributed by atoms with Gasteiger partial charge in [0.2, 0.25) is 0 Å². The van der Waals surface area contributed by atoms with Gasteiger partial charge in [-0.2, -0.15) is 0 Å². The minimum atomic E-state index is -0.358. The van der Waals surface area contributed by atoms with Crippen LogP contribution in [0.3, 0.4) is 0 Å². The van der Waals surface area contributed by atoms with E-state index in [1.165, 1.54) is 11.1 Å². The number of rotatable bonds is 6. The Labute approximate surface area is 744 Å². The quantitative estimate of drug-likeness (QED) is 0.167. The lowest BCUT2D eigenvalue weighted by Crippen LogP contribution is -2.19. The van der Waals surface area contributed by atoms with Crippen molar-refractivity contribution < 1.29 is 48.1 Å². The first-order valence-corrected chi connectivity index (χ1v) is 45.3. The average molecular weight is 1670 g/mol. The Morgan fingerprint density at radius 3 is 0.532 bits per heavy atom. The molecule has 20 bridgehead atoms. The number of aromatic hydroxyl groups is 2. The molecule has 0 saturated carbocycles.